The summed E-state index contributed by atoms with van der Waals surface area (Å²) in [5.41, 5.74) is -0.842. The van der Waals surface area contributed by atoms with E-state index in [9.17, 15) is 23.1 Å². The van der Waals surface area contributed by atoms with Crippen molar-refractivity contribution >= 4 is 39.3 Å². The minimum Gasteiger partial charge on any atom is -0.369 e. The van der Waals surface area contributed by atoms with E-state index in [4.69, 9.17) is 11.6 Å². The Hall–Kier alpha value is -1.12. The minimum absolute atomic E-state index is 0.155. The number of carbonyl (C=O) groups excluding carboxylic acids is 1. The maximum Gasteiger partial charge on any atom is 0.417 e. The molecular weight excluding hydrogens is 364 g/mol. The second-order valence-corrected chi connectivity index (χ2v) is 5.21. The van der Waals surface area contributed by atoms with Gasteiger partial charge in [0.1, 0.15) is 5.03 Å². The normalized spacial score (nSPS) is 20.1. The number of hydrogen-bond acceptors (Lipinski definition) is 3. The lowest BCUT2D eigenvalue weighted by Gasteiger charge is -2.23. The molecule has 9 heteroatoms. The molecule has 108 valence electrons. The number of aliphatic hydroxyl groups excluding tert-OH is 1. The van der Waals surface area contributed by atoms with Gasteiger partial charge in [-0.05, 0) is 28.9 Å². The van der Waals surface area contributed by atoms with Gasteiger partial charge in [-0.15, -0.1) is 0 Å². The molecule has 1 aliphatic rings. The molecule has 0 aromatic carbocycles. The van der Waals surface area contributed by atoms with Crippen molar-refractivity contribution in [3.8, 4) is 0 Å². The van der Waals surface area contributed by atoms with Crippen LogP contribution in [0.3, 0.4) is 0 Å². The third kappa shape index (κ3) is 2.32. The number of amides is 1. The van der Waals surface area contributed by atoms with Crippen molar-refractivity contribution in [2.45, 2.75) is 19.3 Å². The zero-order valence-corrected chi connectivity index (χ0v) is 12.2. The number of nitrogens with zero attached hydrogens (tertiary/aromatic N) is 2. The molecular formula is C11H7BrClF3N2O2. The summed E-state index contributed by atoms with van der Waals surface area (Å²) in [5, 5.41) is 9.66. The minimum atomic E-state index is -4.61. The fourth-order valence-corrected chi connectivity index (χ4v) is 2.56. The SMILES string of the molecule is CC1=C(Cl)C(=O)N(c2nccc(C(F)(F)F)c2Br)C1O. The van der Waals surface area contributed by atoms with Gasteiger partial charge < -0.3 is 5.11 Å². The summed E-state index contributed by atoms with van der Waals surface area (Å²) < 4.78 is 38.0. The van der Waals surface area contributed by atoms with E-state index in [0.29, 0.717) is 4.90 Å². The average molecular weight is 372 g/mol. The van der Waals surface area contributed by atoms with Gasteiger partial charge in [-0.1, -0.05) is 11.6 Å². The Balaban J connectivity index is 2.54. The monoisotopic (exact) mass is 370 g/mol. The predicted molar refractivity (Wildman–Crippen MR) is 69.0 cm³/mol. The Kier molecular flexibility index (Phi) is 3.83. The van der Waals surface area contributed by atoms with Crippen LogP contribution in [0.2, 0.25) is 0 Å². The van der Waals surface area contributed by atoms with Gasteiger partial charge in [0.25, 0.3) is 5.91 Å². The summed E-state index contributed by atoms with van der Waals surface area (Å²) in [4.78, 5) is 16.3. The molecule has 1 aromatic rings. The van der Waals surface area contributed by atoms with Crippen LogP contribution >= 0.6 is 27.5 Å². The Bertz CT molecular complexity index is 618. The third-order valence-electron chi connectivity index (χ3n) is 2.79. The van der Waals surface area contributed by atoms with E-state index in [1.165, 1.54) is 6.92 Å². The fraction of sp³-hybridized carbons (Fsp3) is 0.273. The van der Waals surface area contributed by atoms with E-state index in [2.05, 4.69) is 20.9 Å². The fourth-order valence-electron chi connectivity index (χ4n) is 1.72. The lowest BCUT2D eigenvalue weighted by molar-refractivity contribution is -0.138. The van der Waals surface area contributed by atoms with Crippen LogP contribution in [0.5, 0.6) is 0 Å². The van der Waals surface area contributed by atoms with Gasteiger partial charge in [0.05, 0.1) is 10.0 Å². The van der Waals surface area contributed by atoms with Gasteiger partial charge in [-0.25, -0.2) is 4.98 Å². The van der Waals surface area contributed by atoms with Crippen molar-refractivity contribution in [2.24, 2.45) is 0 Å². The van der Waals surface area contributed by atoms with Crippen molar-refractivity contribution in [3.05, 3.63) is 32.9 Å². The Morgan fingerprint density at radius 2 is 2.10 bits per heavy atom. The number of aromatic nitrogens is 1. The van der Waals surface area contributed by atoms with Crippen molar-refractivity contribution in [1.29, 1.82) is 0 Å². The first-order valence-electron chi connectivity index (χ1n) is 5.26. The van der Waals surface area contributed by atoms with Gasteiger partial charge in [-0.3, -0.25) is 9.69 Å². The summed E-state index contributed by atoms with van der Waals surface area (Å²) in [6.45, 7) is 1.41. The molecule has 1 amide bonds. The molecule has 1 N–H and O–H groups in total. The van der Waals surface area contributed by atoms with Crippen LogP contribution in [-0.4, -0.2) is 22.2 Å². The van der Waals surface area contributed by atoms with Gasteiger partial charge in [0, 0.05) is 11.8 Å². The van der Waals surface area contributed by atoms with Gasteiger partial charge in [0.2, 0.25) is 0 Å². The predicted octanol–water partition coefficient (Wildman–Crippen LogP) is 3.04. The van der Waals surface area contributed by atoms with Gasteiger partial charge in [-0.2, -0.15) is 13.2 Å². The molecule has 0 bridgehead atoms. The first-order valence-corrected chi connectivity index (χ1v) is 6.43. The van der Waals surface area contributed by atoms with Crippen LogP contribution in [0.15, 0.2) is 27.3 Å². The van der Waals surface area contributed by atoms with Gasteiger partial charge in [0.15, 0.2) is 12.0 Å². The topological polar surface area (TPSA) is 53.4 Å². The standard InChI is InChI=1S/C11H7BrClF3N2O2/c1-4-7(13)10(20)18(9(4)19)8-6(12)5(2-3-17-8)11(14,15)16/h2-3,9,19H,1H3. The van der Waals surface area contributed by atoms with E-state index in [0.717, 1.165) is 12.3 Å². The molecule has 1 atom stereocenters. The zero-order valence-electron chi connectivity index (χ0n) is 9.87. The number of carbonyl (C=O) groups is 1. The molecule has 0 fully saturated rings. The molecule has 1 aliphatic heterocycles. The smallest absolute Gasteiger partial charge is 0.369 e. The highest BCUT2D eigenvalue weighted by atomic mass is 79.9. The molecule has 2 heterocycles. The first kappa shape index (κ1) is 15.3. The number of halogens is 5. The molecule has 1 aromatic heterocycles. The van der Waals surface area contributed by atoms with Crippen molar-refractivity contribution in [3.63, 3.8) is 0 Å². The van der Waals surface area contributed by atoms with Crippen molar-refractivity contribution in [1.82, 2.24) is 4.98 Å². The number of aliphatic hydroxyl groups is 1. The summed E-state index contributed by atoms with van der Waals surface area (Å²) in [7, 11) is 0. The lowest BCUT2D eigenvalue weighted by Crippen LogP contribution is -2.36. The second kappa shape index (κ2) is 5.01. The quantitative estimate of drug-likeness (QED) is 0.825. The van der Waals surface area contributed by atoms with Crippen LogP contribution < -0.4 is 4.90 Å². The molecule has 2 rings (SSSR count). The highest BCUT2D eigenvalue weighted by Gasteiger charge is 2.41. The molecule has 4 nitrogen and oxygen atoms in total. The molecule has 0 saturated heterocycles. The number of anilines is 1. The van der Waals surface area contributed by atoms with Crippen molar-refractivity contribution < 1.29 is 23.1 Å². The summed E-state index contributed by atoms with van der Waals surface area (Å²) in [6.07, 6.45) is -5.15. The number of pyridine rings is 1. The van der Waals surface area contributed by atoms with E-state index >= 15 is 0 Å². The summed E-state index contributed by atoms with van der Waals surface area (Å²) >= 11 is 8.47. The highest BCUT2D eigenvalue weighted by Crippen LogP contribution is 2.41. The Morgan fingerprint density at radius 1 is 1.50 bits per heavy atom. The first-order chi connectivity index (χ1) is 9.16. The number of hydrogen-bond donors (Lipinski definition) is 1. The van der Waals surface area contributed by atoms with E-state index in [1.807, 2.05) is 0 Å². The molecule has 1 unspecified atom stereocenters. The third-order valence-corrected chi connectivity index (χ3v) is 4.03. The van der Waals surface area contributed by atoms with Gasteiger partial charge >= 0.3 is 6.18 Å². The second-order valence-electron chi connectivity index (χ2n) is 4.04. The maximum atomic E-state index is 12.8. The lowest BCUT2D eigenvalue weighted by atomic mass is 10.2. The van der Waals surface area contributed by atoms with Crippen LogP contribution in [0.25, 0.3) is 0 Å². The van der Waals surface area contributed by atoms with E-state index < -0.39 is 28.3 Å². The van der Waals surface area contributed by atoms with Crippen LogP contribution in [-0.2, 0) is 11.0 Å². The van der Waals surface area contributed by atoms with Crippen LogP contribution in [0, 0.1) is 0 Å². The summed E-state index contributed by atoms with van der Waals surface area (Å²) in [6, 6.07) is 0.766. The molecule has 0 radical (unpaired) electrons. The van der Waals surface area contributed by atoms with E-state index in [-0.39, 0.29) is 16.4 Å². The highest BCUT2D eigenvalue weighted by molar-refractivity contribution is 9.10. The van der Waals surface area contributed by atoms with Crippen LogP contribution in [0.1, 0.15) is 12.5 Å². The molecule has 0 saturated carbocycles. The maximum absolute atomic E-state index is 12.8. The Morgan fingerprint density at radius 3 is 2.55 bits per heavy atom. The van der Waals surface area contributed by atoms with E-state index in [1.54, 1.807) is 0 Å². The average Bonchev–Trinajstić information content (AvgIpc) is 2.54. The number of alkyl halides is 3. The zero-order chi connectivity index (χ0) is 15.2. The molecule has 20 heavy (non-hydrogen) atoms. The Labute approximate surface area is 125 Å². The summed E-state index contributed by atoms with van der Waals surface area (Å²) in [5.74, 6) is -1.14. The molecule has 0 spiro atoms. The largest absolute Gasteiger partial charge is 0.417 e. The number of rotatable bonds is 1. The molecule has 0 aliphatic carbocycles. The van der Waals surface area contributed by atoms with Crippen LogP contribution in [0.4, 0.5) is 19.0 Å². The van der Waals surface area contributed by atoms with Crippen molar-refractivity contribution in [2.75, 3.05) is 4.90 Å².